The number of nitrogens with zero attached hydrogens (tertiary/aromatic N) is 3. The molecule has 6 heteroatoms. The molecule has 3 rings (SSSR count). The number of aromatic nitrogens is 2. The Labute approximate surface area is 134 Å². The van der Waals surface area contributed by atoms with Gasteiger partial charge in [0, 0.05) is 31.4 Å². The fraction of sp³-hybridized carbons (Fsp3) is 0.438. The lowest BCUT2D eigenvalue weighted by Gasteiger charge is -2.33. The SMILES string of the molecule is OC(CN1CCC(n2cc(Cl)cn2)CC1)c1ccccc1F. The second-order valence-electron chi connectivity index (χ2n) is 5.71. The van der Waals surface area contributed by atoms with Crippen LogP contribution < -0.4 is 0 Å². The predicted molar refractivity (Wildman–Crippen MR) is 83.3 cm³/mol. The predicted octanol–water partition coefficient (Wildman–Crippen LogP) is 3.05. The molecule has 1 aliphatic heterocycles. The van der Waals surface area contributed by atoms with E-state index in [4.69, 9.17) is 11.6 Å². The van der Waals surface area contributed by atoms with E-state index in [-0.39, 0.29) is 5.82 Å². The summed E-state index contributed by atoms with van der Waals surface area (Å²) in [4.78, 5) is 2.17. The maximum atomic E-state index is 13.7. The van der Waals surface area contributed by atoms with E-state index in [0.29, 0.717) is 23.2 Å². The first-order valence-electron chi connectivity index (χ1n) is 7.48. The van der Waals surface area contributed by atoms with Crippen LogP contribution >= 0.6 is 11.6 Å². The summed E-state index contributed by atoms with van der Waals surface area (Å²) in [7, 11) is 0. The van der Waals surface area contributed by atoms with Crippen molar-refractivity contribution in [3.05, 3.63) is 53.1 Å². The average molecular weight is 324 g/mol. The molecule has 1 N–H and O–H groups in total. The van der Waals surface area contributed by atoms with Crippen LogP contribution in [0.15, 0.2) is 36.7 Å². The zero-order valence-electron chi connectivity index (χ0n) is 12.2. The molecule has 0 saturated carbocycles. The van der Waals surface area contributed by atoms with Gasteiger partial charge in [-0.2, -0.15) is 5.10 Å². The van der Waals surface area contributed by atoms with E-state index in [2.05, 4.69) is 10.00 Å². The van der Waals surface area contributed by atoms with E-state index in [1.165, 1.54) is 6.07 Å². The van der Waals surface area contributed by atoms with E-state index in [1.54, 1.807) is 24.4 Å². The van der Waals surface area contributed by atoms with Gasteiger partial charge in [-0.25, -0.2) is 4.39 Å². The highest BCUT2D eigenvalue weighted by molar-refractivity contribution is 6.30. The van der Waals surface area contributed by atoms with E-state index < -0.39 is 6.10 Å². The number of benzene rings is 1. The van der Waals surface area contributed by atoms with Crippen molar-refractivity contribution in [1.29, 1.82) is 0 Å². The highest BCUT2D eigenvalue weighted by atomic mass is 35.5. The molecule has 1 aromatic heterocycles. The quantitative estimate of drug-likeness (QED) is 0.940. The number of likely N-dealkylation sites (tertiary alicyclic amines) is 1. The molecule has 4 nitrogen and oxygen atoms in total. The molecule has 1 atom stereocenters. The topological polar surface area (TPSA) is 41.3 Å². The number of piperidine rings is 1. The lowest BCUT2D eigenvalue weighted by atomic mass is 10.0. The van der Waals surface area contributed by atoms with Crippen LogP contribution in [-0.2, 0) is 0 Å². The Kier molecular flexibility index (Phi) is 4.76. The summed E-state index contributed by atoms with van der Waals surface area (Å²) in [6, 6.07) is 6.74. The first kappa shape index (κ1) is 15.5. The number of aliphatic hydroxyl groups is 1. The smallest absolute Gasteiger partial charge is 0.129 e. The lowest BCUT2D eigenvalue weighted by molar-refractivity contribution is 0.0868. The van der Waals surface area contributed by atoms with Crippen LogP contribution in [0, 0.1) is 5.82 Å². The third kappa shape index (κ3) is 3.48. The van der Waals surface area contributed by atoms with Crippen molar-refractivity contribution in [2.24, 2.45) is 0 Å². The lowest BCUT2D eigenvalue weighted by Crippen LogP contribution is -2.37. The minimum Gasteiger partial charge on any atom is -0.387 e. The molecule has 118 valence electrons. The summed E-state index contributed by atoms with van der Waals surface area (Å²) in [5.41, 5.74) is 0.364. The second kappa shape index (κ2) is 6.77. The zero-order valence-corrected chi connectivity index (χ0v) is 13.0. The van der Waals surface area contributed by atoms with E-state index in [1.807, 2.05) is 10.9 Å². The van der Waals surface area contributed by atoms with Crippen molar-refractivity contribution in [3.8, 4) is 0 Å². The van der Waals surface area contributed by atoms with Crippen molar-refractivity contribution in [2.75, 3.05) is 19.6 Å². The highest BCUT2D eigenvalue weighted by Crippen LogP contribution is 2.25. The summed E-state index contributed by atoms with van der Waals surface area (Å²) in [5.74, 6) is -0.351. The van der Waals surface area contributed by atoms with Gasteiger partial charge in [0.25, 0.3) is 0 Å². The molecule has 1 saturated heterocycles. The highest BCUT2D eigenvalue weighted by Gasteiger charge is 2.23. The van der Waals surface area contributed by atoms with Gasteiger partial charge in [0.15, 0.2) is 0 Å². The Bertz CT molecular complexity index is 625. The fourth-order valence-electron chi connectivity index (χ4n) is 2.97. The van der Waals surface area contributed by atoms with Crippen LogP contribution in [-0.4, -0.2) is 39.4 Å². The summed E-state index contributed by atoms with van der Waals surface area (Å²) in [6.45, 7) is 2.16. The maximum absolute atomic E-state index is 13.7. The van der Waals surface area contributed by atoms with E-state index >= 15 is 0 Å². The van der Waals surface area contributed by atoms with Crippen LogP contribution in [0.3, 0.4) is 0 Å². The number of β-amino-alcohol motifs (C(OH)–C–C–N with tert-alkyl or cyclic N) is 1. The Balaban J connectivity index is 1.55. The number of rotatable bonds is 4. The number of hydrogen-bond acceptors (Lipinski definition) is 3. The minimum atomic E-state index is -0.795. The normalized spacial score (nSPS) is 18.5. The van der Waals surface area contributed by atoms with Crippen molar-refractivity contribution < 1.29 is 9.50 Å². The zero-order chi connectivity index (χ0) is 15.5. The molecule has 1 aromatic carbocycles. The Morgan fingerprint density at radius 3 is 2.68 bits per heavy atom. The molecule has 22 heavy (non-hydrogen) atoms. The Hall–Kier alpha value is -1.43. The van der Waals surface area contributed by atoms with Gasteiger partial charge >= 0.3 is 0 Å². The van der Waals surface area contributed by atoms with Gasteiger partial charge in [0.1, 0.15) is 5.82 Å². The fourth-order valence-corrected chi connectivity index (χ4v) is 3.11. The molecule has 0 aliphatic carbocycles. The van der Waals surface area contributed by atoms with Crippen molar-refractivity contribution in [2.45, 2.75) is 25.0 Å². The van der Waals surface area contributed by atoms with Crippen molar-refractivity contribution in [3.63, 3.8) is 0 Å². The first-order valence-corrected chi connectivity index (χ1v) is 7.86. The monoisotopic (exact) mass is 323 g/mol. The Morgan fingerprint density at radius 1 is 1.32 bits per heavy atom. The Morgan fingerprint density at radius 2 is 2.05 bits per heavy atom. The van der Waals surface area contributed by atoms with Gasteiger partial charge in [0.05, 0.1) is 23.4 Å². The summed E-state index contributed by atoms with van der Waals surface area (Å²) in [6.07, 6.45) is 4.59. The van der Waals surface area contributed by atoms with Crippen LogP contribution in [0.4, 0.5) is 4.39 Å². The third-order valence-corrected chi connectivity index (χ3v) is 4.39. The summed E-state index contributed by atoms with van der Waals surface area (Å²) >= 11 is 5.90. The van der Waals surface area contributed by atoms with Crippen LogP contribution in [0.1, 0.15) is 30.6 Å². The molecular weight excluding hydrogens is 305 g/mol. The molecular formula is C16H19ClFN3O. The van der Waals surface area contributed by atoms with Crippen LogP contribution in [0.5, 0.6) is 0 Å². The van der Waals surface area contributed by atoms with Crippen LogP contribution in [0.2, 0.25) is 5.02 Å². The van der Waals surface area contributed by atoms with Crippen molar-refractivity contribution >= 4 is 11.6 Å². The molecule has 1 unspecified atom stereocenters. The van der Waals surface area contributed by atoms with E-state index in [9.17, 15) is 9.50 Å². The largest absolute Gasteiger partial charge is 0.387 e. The van der Waals surface area contributed by atoms with Gasteiger partial charge in [-0.15, -0.1) is 0 Å². The molecule has 2 aromatic rings. The minimum absolute atomic E-state index is 0.342. The average Bonchev–Trinajstić information content (AvgIpc) is 2.95. The third-order valence-electron chi connectivity index (χ3n) is 4.20. The van der Waals surface area contributed by atoms with Gasteiger partial charge in [-0.1, -0.05) is 29.8 Å². The molecule has 1 fully saturated rings. The molecule has 2 heterocycles. The first-order chi connectivity index (χ1) is 10.6. The molecule has 0 spiro atoms. The van der Waals surface area contributed by atoms with Crippen LogP contribution in [0.25, 0.3) is 0 Å². The van der Waals surface area contributed by atoms with Gasteiger partial charge in [-0.3, -0.25) is 4.68 Å². The summed E-state index contributed by atoms with van der Waals surface area (Å²) < 4.78 is 15.6. The molecule has 1 aliphatic rings. The van der Waals surface area contributed by atoms with E-state index in [0.717, 1.165) is 25.9 Å². The van der Waals surface area contributed by atoms with Crippen molar-refractivity contribution in [1.82, 2.24) is 14.7 Å². The molecule has 0 bridgehead atoms. The number of aliphatic hydroxyl groups excluding tert-OH is 1. The molecule has 0 amide bonds. The van der Waals surface area contributed by atoms with Gasteiger partial charge in [0.2, 0.25) is 0 Å². The summed E-state index contributed by atoms with van der Waals surface area (Å²) in [5, 5.41) is 15.1. The number of halogens is 2. The number of hydrogen-bond donors (Lipinski definition) is 1. The second-order valence-corrected chi connectivity index (χ2v) is 6.14. The van der Waals surface area contributed by atoms with Gasteiger partial charge in [-0.05, 0) is 18.9 Å². The molecule has 0 radical (unpaired) electrons. The van der Waals surface area contributed by atoms with Gasteiger partial charge < -0.3 is 10.0 Å². The standard InChI is InChI=1S/C16H19ClFN3O/c17-12-9-19-21(10-12)13-5-7-20(8-6-13)11-16(22)14-3-1-2-4-15(14)18/h1-4,9-10,13,16,22H,5-8,11H2. The maximum Gasteiger partial charge on any atom is 0.129 e.